The van der Waals surface area contributed by atoms with Gasteiger partial charge in [-0.1, -0.05) is 163 Å². The lowest BCUT2D eigenvalue weighted by atomic mass is 9.33. The van der Waals surface area contributed by atoms with Crippen LogP contribution in [0, 0.1) is 0 Å². The molecule has 2 aliphatic rings. The number of rotatable bonds is 6. The number of benzene rings is 8. The summed E-state index contributed by atoms with van der Waals surface area (Å²) < 4.78 is 0. The average Bonchev–Trinajstić information content (AvgIpc) is 3.31. The van der Waals surface area contributed by atoms with E-state index in [0.29, 0.717) is 0 Å². The molecule has 0 spiro atoms. The van der Waals surface area contributed by atoms with Crippen molar-refractivity contribution in [1.82, 2.24) is 4.98 Å². The standard InChI is InChI=1S/C59H51BN4/c1-58(2,3)41-28-31-45(32-29-41)62(52-35-30-42(59(4,5)6)36-49(52)48-25-17-19-40-18-13-14-24-47(40)48)46-33-34-51-54(37-46)64(44-22-11-8-12-23-44)56-39-61-38-55-57(56)60(51)50-26-15-16-27-53(50)63(55)43-20-9-7-10-21-43/h7-39H,1-6H3. The Kier molecular flexibility index (Phi) is 9.36. The summed E-state index contributed by atoms with van der Waals surface area (Å²) >= 11 is 0. The van der Waals surface area contributed by atoms with E-state index in [1.54, 1.807) is 0 Å². The maximum Gasteiger partial charge on any atom is 0.252 e. The van der Waals surface area contributed by atoms with Gasteiger partial charge in [-0.3, -0.25) is 4.98 Å². The molecule has 4 nitrogen and oxygen atoms in total. The lowest BCUT2D eigenvalue weighted by molar-refractivity contribution is 0.590. The molecule has 8 aromatic carbocycles. The minimum atomic E-state index is -0.0499. The molecule has 0 saturated carbocycles. The summed E-state index contributed by atoms with van der Waals surface area (Å²) in [6.45, 7) is 13.8. The van der Waals surface area contributed by atoms with Crippen LogP contribution in [0.2, 0.25) is 0 Å². The van der Waals surface area contributed by atoms with Crippen molar-refractivity contribution >= 4 is 85.1 Å². The van der Waals surface area contributed by atoms with Crippen molar-refractivity contribution in [1.29, 1.82) is 0 Å². The lowest BCUT2D eigenvalue weighted by Crippen LogP contribution is -2.61. The number of para-hydroxylation sites is 3. The Hall–Kier alpha value is -7.37. The molecule has 0 amide bonds. The van der Waals surface area contributed by atoms with Gasteiger partial charge in [0.1, 0.15) is 0 Å². The summed E-state index contributed by atoms with van der Waals surface area (Å²) in [6, 6.07) is 69.4. The van der Waals surface area contributed by atoms with Gasteiger partial charge in [-0.15, -0.1) is 0 Å². The highest BCUT2D eigenvalue weighted by Gasteiger charge is 2.43. The maximum atomic E-state index is 5.02. The smallest absolute Gasteiger partial charge is 0.252 e. The van der Waals surface area contributed by atoms with Crippen molar-refractivity contribution in [3.63, 3.8) is 0 Å². The van der Waals surface area contributed by atoms with E-state index in [0.717, 1.165) is 45.5 Å². The second-order valence-corrected chi connectivity index (χ2v) is 19.3. The molecule has 2 aliphatic heterocycles. The van der Waals surface area contributed by atoms with Gasteiger partial charge in [-0.25, -0.2) is 0 Å². The Labute approximate surface area is 378 Å². The van der Waals surface area contributed by atoms with E-state index in [9.17, 15) is 0 Å². The van der Waals surface area contributed by atoms with Crippen molar-refractivity contribution in [2.75, 3.05) is 14.7 Å². The van der Waals surface area contributed by atoms with Crippen LogP contribution in [-0.4, -0.2) is 11.7 Å². The first-order valence-corrected chi connectivity index (χ1v) is 22.5. The average molecular weight is 827 g/mol. The van der Waals surface area contributed by atoms with Crippen molar-refractivity contribution in [2.45, 2.75) is 52.4 Å². The molecule has 3 heterocycles. The summed E-state index contributed by atoms with van der Waals surface area (Å²) in [6.07, 6.45) is 4.12. The Bertz CT molecular complexity index is 3200. The zero-order valence-corrected chi connectivity index (χ0v) is 37.4. The predicted octanol–water partition coefficient (Wildman–Crippen LogP) is 14.0. The zero-order chi connectivity index (χ0) is 43.7. The third kappa shape index (κ3) is 6.57. The zero-order valence-electron chi connectivity index (χ0n) is 37.4. The first-order chi connectivity index (χ1) is 31.0. The normalized spacial score (nSPS) is 13.1. The van der Waals surface area contributed by atoms with Gasteiger partial charge in [0.2, 0.25) is 0 Å². The first kappa shape index (κ1) is 39.5. The van der Waals surface area contributed by atoms with Gasteiger partial charge in [0.05, 0.1) is 29.5 Å². The highest BCUT2D eigenvalue weighted by Crippen LogP contribution is 2.48. The van der Waals surface area contributed by atoms with Crippen LogP contribution in [-0.2, 0) is 10.8 Å². The van der Waals surface area contributed by atoms with Crippen LogP contribution in [0.3, 0.4) is 0 Å². The molecule has 0 aliphatic carbocycles. The number of aromatic nitrogens is 1. The molecule has 0 fully saturated rings. The number of pyridine rings is 1. The summed E-state index contributed by atoms with van der Waals surface area (Å²) in [7, 11) is 0. The molecule has 5 heteroatoms. The van der Waals surface area contributed by atoms with E-state index in [-0.39, 0.29) is 17.5 Å². The van der Waals surface area contributed by atoms with Crippen LogP contribution in [0.5, 0.6) is 0 Å². The third-order valence-electron chi connectivity index (χ3n) is 13.2. The molecule has 310 valence electrons. The van der Waals surface area contributed by atoms with Crippen LogP contribution in [0.15, 0.2) is 200 Å². The molecule has 0 N–H and O–H groups in total. The number of nitrogens with zero attached hydrogens (tertiary/aromatic N) is 4. The van der Waals surface area contributed by atoms with Crippen molar-refractivity contribution in [3.8, 4) is 11.1 Å². The number of hydrogen-bond acceptors (Lipinski definition) is 4. The van der Waals surface area contributed by atoms with Gasteiger partial charge in [-0.05, 0) is 121 Å². The van der Waals surface area contributed by atoms with E-state index in [1.165, 1.54) is 55.1 Å². The molecule has 0 atom stereocenters. The summed E-state index contributed by atoms with van der Waals surface area (Å²) in [5, 5.41) is 2.46. The number of fused-ring (bicyclic) bond motifs is 5. The van der Waals surface area contributed by atoms with Crippen LogP contribution >= 0.6 is 0 Å². The summed E-state index contributed by atoms with van der Waals surface area (Å²) in [5.74, 6) is 0. The molecule has 1 aromatic heterocycles. The van der Waals surface area contributed by atoms with E-state index in [2.05, 4.69) is 257 Å². The van der Waals surface area contributed by atoms with Crippen molar-refractivity contribution < 1.29 is 0 Å². The molecule has 0 unspecified atom stereocenters. The Balaban J connectivity index is 1.18. The van der Waals surface area contributed by atoms with Crippen molar-refractivity contribution in [3.05, 3.63) is 212 Å². The van der Waals surface area contributed by atoms with Gasteiger partial charge >= 0.3 is 0 Å². The topological polar surface area (TPSA) is 22.6 Å². The molecule has 9 aromatic rings. The fraction of sp³-hybridized carbons (Fsp3) is 0.136. The van der Waals surface area contributed by atoms with Crippen LogP contribution in [0.25, 0.3) is 21.9 Å². The predicted molar refractivity (Wildman–Crippen MR) is 273 cm³/mol. The monoisotopic (exact) mass is 826 g/mol. The summed E-state index contributed by atoms with van der Waals surface area (Å²) in [4.78, 5) is 12.3. The molecule has 0 radical (unpaired) electrons. The SMILES string of the molecule is CC(C)(C)c1ccc(N(c2ccc3c(c2)N(c2ccccc2)c2cncc4c2B3c2ccccc2N4c2ccccc2)c2ccc(C(C)(C)C)cc2-c2cccc3ccccc23)cc1. The highest BCUT2D eigenvalue weighted by molar-refractivity contribution is 7.00. The van der Waals surface area contributed by atoms with E-state index < -0.39 is 0 Å². The van der Waals surface area contributed by atoms with Gasteiger partial charge in [0.25, 0.3) is 6.71 Å². The third-order valence-corrected chi connectivity index (χ3v) is 13.2. The fourth-order valence-electron chi connectivity index (χ4n) is 10.0. The largest absolute Gasteiger partial charge is 0.310 e. The second kappa shape index (κ2) is 15.2. The number of hydrogen-bond donors (Lipinski definition) is 0. The van der Waals surface area contributed by atoms with E-state index in [4.69, 9.17) is 4.98 Å². The number of anilines is 9. The molecular formula is C59H51BN4. The van der Waals surface area contributed by atoms with Crippen molar-refractivity contribution in [2.24, 2.45) is 0 Å². The fourth-order valence-corrected chi connectivity index (χ4v) is 10.0. The first-order valence-electron chi connectivity index (χ1n) is 22.5. The lowest BCUT2D eigenvalue weighted by Gasteiger charge is -2.44. The minimum absolute atomic E-state index is 0.00925. The maximum absolute atomic E-state index is 5.02. The molecule has 11 rings (SSSR count). The van der Waals surface area contributed by atoms with Gasteiger partial charge in [-0.2, -0.15) is 0 Å². The van der Waals surface area contributed by atoms with E-state index in [1.807, 2.05) is 0 Å². The summed E-state index contributed by atoms with van der Waals surface area (Å²) in [5.41, 5.74) is 18.8. The molecule has 0 bridgehead atoms. The highest BCUT2D eigenvalue weighted by atomic mass is 15.2. The minimum Gasteiger partial charge on any atom is -0.310 e. The molecular weight excluding hydrogens is 775 g/mol. The quantitative estimate of drug-likeness (QED) is 0.156. The molecule has 64 heavy (non-hydrogen) atoms. The Morgan fingerprint density at radius 1 is 0.438 bits per heavy atom. The second-order valence-electron chi connectivity index (χ2n) is 19.3. The van der Waals surface area contributed by atoms with Gasteiger partial charge < -0.3 is 14.7 Å². The Morgan fingerprint density at radius 3 is 1.69 bits per heavy atom. The van der Waals surface area contributed by atoms with E-state index >= 15 is 0 Å². The van der Waals surface area contributed by atoms with Gasteiger partial charge in [0, 0.05) is 39.7 Å². The van der Waals surface area contributed by atoms with Crippen LogP contribution < -0.4 is 31.1 Å². The Morgan fingerprint density at radius 2 is 1.00 bits per heavy atom. The molecule has 0 saturated heterocycles. The van der Waals surface area contributed by atoms with Crippen LogP contribution in [0.4, 0.5) is 51.2 Å². The van der Waals surface area contributed by atoms with Crippen LogP contribution in [0.1, 0.15) is 52.7 Å². The van der Waals surface area contributed by atoms with Gasteiger partial charge in [0.15, 0.2) is 0 Å².